The van der Waals surface area contributed by atoms with Crippen LogP contribution in [0, 0.1) is 0 Å². The number of nitrogens with one attached hydrogen (secondary N) is 2. The van der Waals surface area contributed by atoms with Gasteiger partial charge in [-0.05, 0) is 47.5 Å². The van der Waals surface area contributed by atoms with E-state index in [1.807, 2.05) is 36.4 Å². The smallest absolute Gasteiger partial charge is 0.257 e. The number of H-pyrrole nitrogens is 1. The number of aromatic amines is 1. The number of benzene rings is 1. The zero-order chi connectivity index (χ0) is 21.9. The third kappa shape index (κ3) is 5.67. The van der Waals surface area contributed by atoms with Crippen molar-refractivity contribution in [3.63, 3.8) is 0 Å². The van der Waals surface area contributed by atoms with Crippen LogP contribution in [-0.2, 0) is 15.4 Å². The highest BCUT2D eigenvalue weighted by Crippen LogP contribution is 2.26. The summed E-state index contributed by atoms with van der Waals surface area (Å²) < 4.78 is 25.1. The first kappa shape index (κ1) is 21.5. The van der Waals surface area contributed by atoms with Gasteiger partial charge >= 0.3 is 0 Å². The maximum Gasteiger partial charge on any atom is 0.257 e. The molecule has 0 spiro atoms. The number of sulfonamides is 1. The normalized spacial score (nSPS) is 12.3. The fourth-order valence-electron chi connectivity index (χ4n) is 2.86. The molecule has 0 radical (unpaired) electrons. The summed E-state index contributed by atoms with van der Waals surface area (Å²) in [5.41, 5.74) is 4.02. The van der Waals surface area contributed by atoms with Crippen LogP contribution in [0.15, 0.2) is 59.5 Å². The molecule has 0 bridgehead atoms. The topological polar surface area (TPSA) is 91.9 Å². The fraction of sp³-hybridized carbons (Fsp3) is 0.217. The lowest BCUT2D eigenvalue weighted by atomic mass is 9.90. The Hall–Kier alpha value is -3.19. The summed E-state index contributed by atoms with van der Waals surface area (Å²) in [6.45, 7) is 6.24. The molecular weight excluding hydrogens is 398 g/mol. The molecule has 0 atom stereocenters. The third-order valence-electron chi connectivity index (χ3n) is 4.39. The first-order valence-corrected chi connectivity index (χ1v) is 11.4. The Morgan fingerprint density at radius 2 is 1.67 bits per heavy atom. The van der Waals surface area contributed by atoms with Crippen LogP contribution in [0.25, 0.3) is 23.4 Å². The van der Waals surface area contributed by atoms with Crippen LogP contribution in [0.3, 0.4) is 0 Å². The summed E-state index contributed by atoms with van der Waals surface area (Å²) in [6, 6.07) is 14.5. The quantitative estimate of drug-likeness (QED) is 0.641. The van der Waals surface area contributed by atoms with E-state index in [-0.39, 0.29) is 11.0 Å². The second-order valence-corrected chi connectivity index (χ2v) is 9.91. The fourth-order valence-corrected chi connectivity index (χ4v) is 3.43. The number of pyridine rings is 2. The van der Waals surface area contributed by atoms with E-state index in [2.05, 4.69) is 30.5 Å². The number of hydrogen-bond acceptors (Lipinski definition) is 4. The van der Waals surface area contributed by atoms with E-state index < -0.39 is 10.0 Å². The van der Waals surface area contributed by atoms with Crippen LogP contribution in [0.2, 0.25) is 0 Å². The van der Waals surface area contributed by atoms with Crippen molar-refractivity contribution in [3.8, 4) is 11.3 Å². The van der Waals surface area contributed by atoms with Crippen molar-refractivity contribution >= 4 is 27.9 Å². The van der Waals surface area contributed by atoms with Crippen molar-refractivity contribution in [1.29, 1.82) is 0 Å². The van der Waals surface area contributed by atoms with E-state index in [9.17, 15) is 13.2 Å². The molecule has 1 aromatic carbocycles. The largest absolute Gasteiger partial charge is 0.329 e. The van der Waals surface area contributed by atoms with Crippen molar-refractivity contribution in [3.05, 3.63) is 81.9 Å². The van der Waals surface area contributed by atoms with Crippen LogP contribution in [-0.4, -0.2) is 24.6 Å². The molecule has 3 aromatic rings. The Balaban J connectivity index is 1.96. The average molecular weight is 424 g/mol. The van der Waals surface area contributed by atoms with Gasteiger partial charge in [0.1, 0.15) is 0 Å². The minimum Gasteiger partial charge on any atom is -0.329 e. The highest BCUT2D eigenvalue weighted by Gasteiger charge is 2.18. The lowest BCUT2D eigenvalue weighted by molar-refractivity contribution is 0.569. The van der Waals surface area contributed by atoms with Crippen LogP contribution in [0.4, 0.5) is 5.69 Å². The van der Waals surface area contributed by atoms with Crippen LogP contribution in [0.1, 0.15) is 37.6 Å². The minimum atomic E-state index is -3.30. The SMILES string of the molecule is CC(C)(C)c1cc(/C=C/c2ccc(NS(C)(=O)=O)cc2)cc(-c2ccc[nH]c2=O)n1. The monoisotopic (exact) mass is 423 g/mol. The summed E-state index contributed by atoms with van der Waals surface area (Å²) in [6.07, 6.45) is 6.61. The van der Waals surface area contributed by atoms with Crippen molar-refractivity contribution < 1.29 is 8.42 Å². The molecule has 0 aliphatic rings. The molecule has 156 valence electrons. The summed E-state index contributed by atoms with van der Waals surface area (Å²) in [7, 11) is -3.30. The Morgan fingerprint density at radius 1 is 1.00 bits per heavy atom. The van der Waals surface area contributed by atoms with Gasteiger partial charge in [-0.2, -0.15) is 0 Å². The molecule has 2 aromatic heterocycles. The van der Waals surface area contributed by atoms with Gasteiger partial charge in [0.2, 0.25) is 10.0 Å². The predicted octanol–water partition coefficient (Wildman–Crippen LogP) is 4.28. The Labute approximate surface area is 176 Å². The Morgan fingerprint density at radius 3 is 2.27 bits per heavy atom. The highest BCUT2D eigenvalue weighted by molar-refractivity contribution is 7.92. The molecule has 0 unspecified atom stereocenters. The third-order valence-corrected chi connectivity index (χ3v) is 5.00. The van der Waals surface area contributed by atoms with E-state index in [1.165, 1.54) is 0 Å². The zero-order valence-corrected chi connectivity index (χ0v) is 18.2. The van der Waals surface area contributed by atoms with Crippen LogP contribution >= 0.6 is 0 Å². The molecule has 0 saturated carbocycles. The van der Waals surface area contributed by atoms with Gasteiger partial charge in [0, 0.05) is 23.0 Å². The molecule has 0 amide bonds. The maximum atomic E-state index is 12.2. The van der Waals surface area contributed by atoms with Gasteiger partial charge in [-0.1, -0.05) is 45.1 Å². The summed E-state index contributed by atoms with van der Waals surface area (Å²) >= 11 is 0. The Kier molecular flexibility index (Phi) is 5.94. The summed E-state index contributed by atoms with van der Waals surface area (Å²) in [4.78, 5) is 19.7. The Bertz CT molecular complexity index is 1240. The van der Waals surface area contributed by atoms with Gasteiger partial charge in [-0.15, -0.1) is 0 Å². The van der Waals surface area contributed by atoms with Gasteiger partial charge in [-0.3, -0.25) is 14.5 Å². The molecule has 7 heteroatoms. The lowest BCUT2D eigenvalue weighted by Crippen LogP contribution is -2.15. The van der Waals surface area contributed by atoms with E-state index in [0.717, 1.165) is 23.1 Å². The molecular formula is C23H25N3O3S. The number of nitrogens with zero attached hydrogens (tertiary/aromatic N) is 1. The second kappa shape index (κ2) is 8.28. The standard InChI is InChI=1S/C23H25N3O3S/c1-23(2,3)21-15-17(14-20(25-21)19-6-5-13-24-22(19)27)8-7-16-9-11-18(12-10-16)26-30(4,28)29/h5-15,26H,1-4H3,(H,24,27)/b8-7+. The first-order valence-electron chi connectivity index (χ1n) is 9.48. The summed E-state index contributed by atoms with van der Waals surface area (Å²) in [5.74, 6) is 0. The number of rotatable bonds is 5. The predicted molar refractivity (Wildman–Crippen MR) is 123 cm³/mol. The number of hydrogen-bond donors (Lipinski definition) is 2. The summed E-state index contributed by atoms with van der Waals surface area (Å²) in [5, 5.41) is 0. The first-order chi connectivity index (χ1) is 14.0. The van der Waals surface area contributed by atoms with Gasteiger partial charge in [0.25, 0.3) is 5.56 Å². The van der Waals surface area contributed by atoms with Crippen LogP contribution < -0.4 is 10.3 Å². The second-order valence-electron chi connectivity index (χ2n) is 8.16. The van der Waals surface area contributed by atoms with Crippen molar-refractivity contribution in [2.45, 2.75) is 26.2 Å². The highest BCUT2D eigenvalue weighted by atomic mass is 32.2. The molecule has 0 fully saturated rings. The van der Waals surface area contributed by atoms with E-state index in [4.69, 9.17) is 4.98 Å². The molecule has 2 N–H and O–H groups in total. The number of anilines is 1. The molecule has 0 saturated heterocycles. The van der Waals surface area contributed by atoms with E-state index in [0.29, 0.717) is 16.9 Å². The molecule has 6 nitrogen and oxygen atoms in total. The van der Waals surface area contributed by atoms with E-state index in [1.54, 1.807) is 30.5 Å². The van der Waals surface area contributed by atoms with Crippen molar-refractivity contribution in [2.75, 3.05) is 11.0 Å². The van der Waals surface area contributed by atoms with Gasteiger partial charge in [-0.25, -0.2) is 8.42 Å². The molecule has 30 heavy (non-hydrogen) atoms. The zero-order valence-electron chi connectivity index (χ0n) is 17.4. The van der Waals surface area contributed by atoms with Gasteiger partial charge in [0.05, 0.1) is 17.5 Å². The van der Waals surface area contributed by atoms with E-state index >= 15 is 0 Å². The van der Waals surface area contributed by atoms with Crippen LogP contribution in [0.5, 0.6) is 0 Å². The molecule has 2 heterocycles. The number of aromatic nitrogens is 2. The molecule has 3 rings (SSSR count). The average Bonchev–Trinajstić information content (AvgIpc) is 2.66. The molecule has 0 aliphatic carbocycles. The molecule has 0 aliphatic heterocycles. The van der Waals surface area contributed by atoms with Crippen molar-refractivity contribution in [2.24, 2.45) is 0 Å². The van der Waals surface area contributed by atoms with Gasteiger partial charge < -0.3 is 4.98 Å². The minimum absolute atomic E-state index is 0.181. The maximum absolute atomic E-state index is 12.2. The lowest BCUT2D eigenvalue weighted by Gasteiger charge is -2.19. The van der Waals surface area contributed by atoms with Gasteiger partial charge in [0.15, 0.2) is 0 Å². The van der Waals surface area contributed by atoms with Crippen molar-refractivity contribution in [1.82, 2.24) is 9.97 Å².